The molecule has 1 N–H and O–H groups in total. The fraction of sp³-hybridized carbons (Fsp3) is 0.810. The van der Waals surface area contributed by atoms with Gasteiger partial charge in [0.15, 0.2) is 0 Å². The first-order valence-corrected chi connectivity index (χ1v) is 10.9. The van der Waals surface area contributed by atoms with Gasteiger partial charge in [-0.25, -0.2) is 4.98 Å². The van der Waals surface area contributed by atoms with Gasteiger partial charge in [-0.15, -0.1) is 0 Å². The van der Waals surface area contributed by atoms with Crippen LogP contribution in [-0.4, -0.2) is 64.9 Å². The van der Waals surface area contributed by atoms with Gasteiger partial charge in [-0.1, -0.05) is 0 Å². The van der Waals surface area contributed by atoms with Crippen LogP contribution in [0.4, 0.5) is 0 Å². The largest absolute Gasteiger partial charge is 0.376 e. The van der Waals surface area contributed by atoms with Crippen LogP contribution in [0.3, 0.4) is 0 Å². The Hall–Kier alpha value is -1.44. The zero-order chi connectivity index (χ0) is 19.6. The maximum absolute atomic E-state index is 13.4. The number of piperidine rings is 1. The van der Waals surface area contributed by atoms with Crippen molar-refractivity contribution in [2.24, 2.45) is 5.41 Å². The van der Waals surface area contributed by atoms with Gasteiger partial charge in [0.1, 0.15) is 11.9 Å². The van der Waals surface area contributed by atoms with Gasteiger partial charge < -0.3 is 24.3 Å². The molecule has 1 aliphatic carbocycles. The van der Waals surface area contributed by atoms with Crippen LogP contribution in [0.15, 0.2) is 12.4 Å². The number of rotatable bonds is 8. The number of hydrogen-bond acceptors (Lipinski definition) is 5. The maximum atomic E-state index is 13.4. The Kier molecular flexibility index (Phi) is 6.04. The zero-order valence-electron chi connectivity index (χ0n) is 17.2. The summed E-state index contributed by atoms with van der Waals surface area (Å²) in [7, 11) is 0. The summed E-state index contributed by atoms with van der Waals surface area (Å²) in [5.74, 6) is 1.04. The lowest BCUT2D eigenvalue weighted by Crippen LogP contribution is -2.44. The van der Waals surface area contributed by atoms with Crippen LogP contribution in [0.1, 0.15) is 51.8 Å². The first-order chi connectivity index (χ1) is 13.6. The van der Waals surface area contributed by atoms with Crippen molar-refractivity contribution < 1.29 is 14.3 Å². The van der Waals surface area contributed by atoms with E-state index in [1.54, 1.807) is 0 Å². The molecule has 0 radical (unpaired) electrons. The third-order valence-corrected chi connectivity index (χ3v) is 6.76. The van der Waals surface area contributed by atoms with Gasteiger partial charge in [-0.05, 0) is 64.5 Å². The van der Waals surface area contributed by atoms with Gasteiger partial charge in [-0.2, -0.15) is 0 Å². The van der Waals surface area contributed by atoms with Crippen LogP contribution in [-0.2, 0) is 27.4 Å². The minimum Gasteiger partial charge on any atom is -0.376 e. The van der Waals surface area contributed by atoms with Gasteiger partial charge >= 0.3 is 0 Å². The second kappa shape index (κ2) is 8.51. The summed E-state index contributed by atoms with van der Waals surface area (Å²) in [6, 6.07) is 0.304. The maximum Gasteiger partial charge on any atom is 0.252 e. The highest BCUT2D eigenvalue weighted by Gasteiger charge is 2.58. The van der Waals surface area contributed by atoms with Crippen molar-refractivity contribution in [3.8, 4) is 0 Å². The average molecular weight is 391 g/mol. The molecule has 3 unspecified atom stereocenters. The van der Waals surface area contributed by atoms with E-state index in [1.807, 2.05) is 19.3 Å². The number of hydrogen-bond donors (Lipinski definition) is 1. The van der Waals surface area contributed by atoms with Gasteiger partial charge in [0, 0.05) is 31.6 Å². The van der Waals surface area contributed by atoms with Crippen molar-refractivity contribution in [3.63, 3.8) is 0 Å². The predicted octanol–water partition coefficient (Wildman–Crippen LogP) is 1.96. The number of nitrogens with one attached hydrogen (secondary N) is 1. The molecular weight excluding hydrogens is 356 g/mol. The SMILES string of the molecule is CCn1ccnc1CN(C(=O)C(C)OCC1CCCO1)C1CC12CCNCC2. The Bertz CT molecular complexity index is 664. The number of carbonyl (C=O) groups is 1. The Morgan fingerprint density at radius 1 is 1.50 bits per heavy atom. The molecule has 7 heteroatoms. The van der Waals surface area contributed by atoms with Gasteiger partial charge in [-0.3, -0.25) is 4.79 Å². The minimum atomic E-state index is -0.450. The van der Waals surface area contributed by atoms with E-state index in [9.17, 15) is 4.79 Å². The van der Waals surface area contributed by atoms with E-state index in [0.717, 1.165) is 64.2 Å². The number of amides is 1. The Morgan fingerprint density at radius 2 is 2.32 bits per heavy atom. The van der Waals surface area contributed by atoms with Crippen molar-refractivity contribution in [2.45, 2.75) is 77.3 Å². The van der Waals surface area contributed by atoms with Crippen molar-refractivity contribution in [1.82, 2.24) is 19.8 Å². The fourth-order valence-electron chi connectivity index (χ4n) is 4.83. The Balaban J connectivity index is 1.45. The summed E-state index contributed by atoms with van der Waals surface area (Å²) in [6.45, 7) is 8.82. The Morgan fingerprint density at radius 3 is 3.04 bits per heavy atom. The van der Waals surface area contributed by atoms with Gasteiger partial charge in [0.25, 0.3) is 5.91 Å². The molecule has 3 heterocycles. The van der Waals surface area contributed by atoms with E-state index >= 15 is 0 Å². The molecule has 28 heavy (non-hydrogen) atoms. The third kappa shape index (κ3) is 4.11. The lowest BCUT2D eigenvalue weighted by atomic mass is 9.93. The highest BCUT2D eigenvalue weighted by molar-refractivity contribution is 5.81. The second-order valence-corrected chi connectivity index (χ2v) is 8.54. The van der Waals surface area contributed by atoms with Gasteiger partial charge in [0.2, 0.25) is 0 Å². The summed E-state index contributed by atoms with van der Waals surface area (Å²) < 4.78 is 13.7. The second-order valence-electron chi connectivity index (χ2n) is 8.54. The fourth-order valence-corrected chi connectivity index (χ4v) is 4.83. The lowest BCUT2D eigenvalue weighted by molar-refractivity contribution is -0.146. The molecule has 0 aromatic carbocycles. The molecule has 1 saturated carbocycles. The first kappa shape index (κ1) is 19.9. The zero-order valence-corrected chi connectivity index (χ0v) is 17.2. The molecule has 7 nitrogen and oxygen atoms in total. The normalized spacial score (nSPS) is 27.1. The molecule has 2 saturated heterocycles. The number of ether oxygens (including phenoxy) is 2. The van der Waals surface area contributed by atoms with Crippen LogP contribution in [0.2, 0.25) is 0 Å². The number of aryl methyl sites for hydroxylation is 1. The molecule has 2 aliphatic heterocycles. The Labute approximate surface area is 167 Å². The minimum absolute atomic E-state index is 0.0871. The predicted molar refractivity (Wildman–Crippen MR) is 106 cm³/mol. The highest BCUT2D eigenvalue weighted by Crippen LogP contribution is 2.56. The molecule has 3 aliphatic rings. The van der Waals surface area contributed by atoms with Crippen molar-refractivity contribution in [2.75, 3.05) is 26.3 Å². The van der Waals surface area contributed by atoms with Crippen molar-refractivity contribution >= 4 is 5.91 Å². The summed E-state index contributed by atoms with van der Waals surface area (Å²) in [5.41, 5.74) is 0.291. The first-order valence-electron chi connectivity index (χ1n) is 10.9. The number of carbonyl (C=O) groups excluding carboxylic acids is 1. The number of imidazole rings is 1. The monoisotopic (exact) mass is 390 g/mol. The van der Waals surface area contributed by atoms with E-state index in [-0.39, 0.29) is 12.0 Å². The highest BCUT2D eigenvalue weighted by atomic mass is 16.5. The molecule has 156 valence electrons. The van der Waals surface area contributed by atoms with E-state index in [4.69, 9.17) is 9.47 Å². The molecule has 1 aromatic rings. The van der Waals surface area contributed by atoms with E-state index in [2.05, 4.69) is 26.7 Å². The lowest BCUT2D eigenvalue weighted by Gasteiger charge is -2.31. The van der Waals surface area contributed by atoms with E-state index in [0.29, 0.717) is 24.6 Å². The van der Waals surface area contributed by atoms with E-state index < -0.39 is 6.10 Å². The molecule has 0 bridgehead atoms. The van der Waals surface area contributed by atoms with Crippen LogP contribution >= 0.6 is 0 Å². The van der Waals surface area contributed by atoms with Crippen LogP contribution in [0.5, 0.6) is 0 Å². The van der Waals surface area contributed by atoms with Gasteiger partial charge in [0.05, 0.1) is 19.3 Å². The number of nitrogens with zero attached hydrogens (tertiary/aromatic N) is 3. The molecule has 3 fully saturated rings. The molecule has 4 rings (SSSR count). The van der Waals surface area contributed by atoms with E-state index in [1.165, 1.54) is 0 Å². The molecule has 1 aromatic heterocycles. The van der Waals surface area contributed by atoms with Crippen LogP contribution in [0.25, 0.3) is 0 Å². The average Bonchev–Trinajstić information content (AvgIpc) is 3.12. The molecular formula is C21H34N4O3. The van der Waals surface area contributed by atoms with Crippen LogP contribution in [0, 0.1) is 5.41 Å². The standard InChI is InChI=1S/C21H34N4O3/c1-3-24-11-10-23-19(24)14-25(18-13-21(18)6-8-22-9-7-21)20(26)16(2)28-15-17-5-4-12-27-17/h10-11,16-18,22H,3-9,12-15H2,1-2H3. The van der Waals surface area contributed by atoms with Crippen molar-refractivity contribution in [3.05, 3.63) is 18.2 Å². The summed E-state index contributed by atoms with van der Waals surface area (Å²) in [6.07, 6.45) is 9.01. The summed E-state index contributed by atoms with van der Waals surface area (Å²) in [5, 5.41) is 3.45. The number of aromatic nitrogens is 2. The topological polar surface area (TPSA) is 68.6 Å². The smallest absolute Gasteiger partial charge is 0.252 e. The molecule has 3 atom stereocenters. The molecule has 1 spiro atoms. The summed E-state index contributed by atoms with van der Waals surface area (Å²) in [4.78, 5) is 20.0. The van der Waals surface area contributed by atoms with Crippen molar-refractivity contribution in [1.29, 1.82) is 0 Å². The van der Waals surface area contributed by atoms with Crippen LogP contribution < -0.4 is 5.32 Å². The molecule has 1 amide bonds. The quantitative estimate of drug-likeness (QED) is 0.735. The third-order valence-electron chi connectivity index (χ3n) is 6.76. The summed E-state index contributed by atoms with van der Waals surface area (Å²) >= 11 is 0.